The highest BCUT2D eigenvalue weighted by Crippen LogP contribution is 2.26. The number of carbonyl (C=O) groups is 2. The van der Waals surface area contributed by atoms with Crippen molar-refractivity contribution in [1.82, 2.24) is 10.6 Å². The molecule has 7 nitrogen and oxygen atoms in total. The van der Waals surface area contributed by atoms with E-state index in [1.165, 1.54) is 0 Å². The van der Waals surface area contributed by atoms with Gasteiger partial charge < -0.3 is 20.1 Å². The first kappa shape index (κ1) is 24.8. The first-order chi connectivity index (χ1) is 14.8. The molecule has 166 valence electrons. The molecule has 2 amide bonds. The van der Waals surface area contributed by atoms with E-state index in [-0.39, 0.29) is 23.0 Å². The summed E-state index contributed by atoms with van der Waals surface area (Å²) in [5.74, 6) is 0.0831. The Morgan fingerprint density at radius 3 is 2.52 bits per heavy atom. The van der Waals surface area contributed by atoms with Crippen LogP contribution in [0, 0.1) is 0 Å². The van der Waals surface area contributed by atoms with Crippen LogP contribution in [0.1, 0.15) is 41.0 Å². The van der Waals surface area contributed by atoms with Crippen LogP contribution in [0.3, 0.4) is 0 Å². The predicted octanol–water partition coefficient (Wildman–Crippen LogP) is 4.13. The van der Waals surface area contributed by atoms with Gasteiger partial charge in [0.15, 0.2) is 5.11 Å². The van der Waals surface area contributed by atoms with E-state index < -0.39 is 0 Å². The maximum atomic E-state index is 12.5. The van der Waals surface area contributed by atoms with E-state index in [0.717, 1.165) is 6.42 Å². The lowest BCUT2D eigenvalue weighted by atomic mass is 10.1. The first-order valence-corrected chi connectivity index (χ1v) is 11.0. The van der Waals surface area contributed by atoms with Gasteiger partial charge in [0.25, 0.3) is 11.8 Å². The van der Waals surface area contributed by atoms with Crippen LogP contribution in [0.4, 0.5) is 5.69 Å². The van der Waals surface area contributed by atoms with Crippen LogP contribution in [0.5, 0.6) is 5.75 Å². The maximum absolute atomic E-state index is 12.5. The average molecular weight is 508 g/mol. The molecule has 2 aromatic carbocycles. The number of carbonyl (C=O) groups excluding carboxylic acids is 2. The number of amides is 2. The van der Waals surface area contributed by atoms with Crippen LogP contribution in [-0.2, 0) is 4.74 Å². The number of hydrogen-bond acceptors (Lipinski definition) is 5. The number of ether oxygens (including phenoxy) is 2. The minimum Gasteiger partial charge on any atom is -0.490 e. The Hall–Kier alpha value is -2.49. The molecule has 0 spiro atoms. The van der Waals surface area contributed by atoms with Crippen molar-refractivity contribution in [2.45, 2.75) is 26.3 Å². The standard InChI is InChI=1S/C22H26BrN3O4S/c1-4-14(2)24-20(27)15-6-5-7-17(12-15)25-22(31)26-21(28)16-8-9-19(18(23)13-16)30-11-10-29-3/h5-9,12-14H,4,10-11H2,1-3H3,(H,24,27)(H2,25,26,28,31). The maximum Gasteiger partial charge on any atom is 0.257 e. The second-order valence-corrected chi connectivity index (χ2v) is 8.02. The smallest absolute Gasteiger partial charge is 0.257 e. The van der Waals surface area contributed by atoms with E-state index in [2.05, 4.69) is 31.9 Å². The monoisotopic (exact) mass is 507 g/mol. The third-order valence-corrected chi connectivity index (χ3v) is 5.16. The molecule has 0 radical (unpaired) electrons. The number of halogens is 1. The predicted molar refractivity (Wildman–Crippen MR) is 129 cm³/mol. The molecule has 0 bridgehead atoms. The van der Waals surface area contributed by atoms with Crippen molar-refractivity contribution in [2.75, 3.05) is 25.6 Å². The van der Waals surface area contributed by atoms with Crippen molar-refractivity contribution < 1.29 is 19.1 Å². The van der Waals surface area contributed by atoms with Crippen molar-refractivity contribution in [3.8, 4) is 5.75 Å². The van der Waals surface area contributed by atoms with Crippen LogP contribution >= 0.6 is 28.1 Å². The van der Waals surface area contributed by atoms with E-state index in [1.54, 1.807) is 49.6 Å². The van der Waals surface area contributed by atoms with Crippen LogP contribution in [0.15, 0.2) is 46.9 Å². The van der Waals surface area contributed by atoms with Gasteiger partial charge in [-0.1, -0.05) is 13.0 Å². The Balaban J connectivity index is 1.96. The van der Waals surface area contributed by atoms with Gasteiger partial charge in [-0.15, -0.1) is 0 Å². The topological polar surface area (TPSA) is 88.7 Å². The number of hydrogen-bond donors (Lipinski definition) is 3. The van der Waals surface area contributed by atoms with Crippen molar-refractivity contribution in [3.05, 3.63) is 58.1 Å². The minimum atomic E-state index is -0.368. The normalized spacial score (nSPS) is 11.4. The average Bonchev–Trinajstić information content (AvgIpc) is 2.74. The molecule has 3 N–H and O–H groups in total. The SMILES string of the molecule is CCC(C)NC(=O)c1cccc(NC(=S)NC(=O)c2ccc(OCCOC)c(Br)c2)c1. The minimum absolute atomic E-state index is 0.0839. The van der Waals surface area contributed by atoms with Gasteiger partial charge in [0.05, 0.1) is 11.1 Å². The molecule has 1 atom stereocenters. The number of anilines is 1. The zero-order chi connectivity index (χ0) is 22.8. The van der Waals surface area contributed by atoms with E-state index in [0.29, 0.717) is 40.3 Å². The van der Waals surface area contributed by atoms with E-state index in [1.807, 2.05) is 13.8 Å². The van der Waals surface area contributed by atoms with Gasteiger partial charge in [0.2, 0.25) is 0 Å². The molecule has 0 aliphatic carbocycles. The van der Waals surface area contributed by atoms with Crippen molar-refractivity contribution in [2.24, 2.45) is 0 Å². The van der Waals surface area contributed by atoms with Crippen LogP contribution < -0.4 is 20.7 Å². The number of thiocarbonyl (C=S) groups is 1. The Morgan fingerprint density at radius 1 is 1.10 bits per heavy atom. The summed E-state index contributed by atoms with van der Waals surface area (Å²) < 4.78 is 11.2. The zero-order valence-corrected chi connectivity index (χ0v) is 20.1. The van der Waals surface area contributed by atoms with E-state index in [9.17, 15) is 9.59 Å². The van der Waals surface area contributed by atoms with Crippen LogP contribution in [0.25, 0.3) is 0 Å². The van der Waals surface area contributed by atoms with Crippen molar-refractivity contribution in [1.29, 1.82) is 0 Å². The van der Waals surface area contributed by atoms with Crippen LogP contribution in [0.2, 0.25) is 0 Å². The largest absolute Gasteiger partial charge is 0.490 e. The number of nitrogens with one attached hydrogen (secondary N) is 3. The second kappa shape index (κ2) is 12.4. The second-order valence-electron chi connectivity index (χ2n) is 6.76. The Kier molecular flexibility index (Phi) is 9.90. The van der Waals surface area contributed by atoms with Gasteiger partial charge in [-0.2, -0.15) is 0 Å². The highest BCUT2D eigenvalue weighted by Gasteiger charge is 2.13. The Morgan fingerprint density at radius 2 is 1.84 bits per heavy atom. The molecule has 2 rings (SSSR count). The lowest BCUT2D eigenvalue weighted by molar-refractivity contribution is 0.0937. The fourth-order valence-electron chi connectivity index (χ4n) is 2.48. The fourth-order valence-corrected chi connectivity index (χ4v) is 3.18. The molecular weight excluding hydrogens is 482 g/mol. The highest BCUT2D eigenvalue weighted by atomic mass is 79.9. The molecule has 31 heavy (non-hydrogen) atoms. The molecule has 0 aromatic heterocycles. The highest BCUT2D eigenvalue weighted by molar-refractivity contribution is 9.10. The molecule has 0 saturated heterocycles. The van der Waals surface area contributed by atoms with E-state index in [4.69, 9.17) is 21.7 Å². The third-order valence-electron chi connectivity index (χ3n) is 4.34. The molecule has 0 fully saturated rings. The molecular formula is C22H26BrN3O4S. The Labute approximate surface area is 196 Å². The van der Waals surface area contributed by atoms with Crippen molar-refractivity contribution in [3.63, 3.8) is 0 Å². The van der Waals surface area contributed by atoms with Gasteiger partial charge >= 0.3 is 0 Å². The molecule has 0 aliphatic heterocycles. The number of benzene rings is 2. The summed E-state index contributed by atoms with van der Waals surface area (Å²) in [5.41, 5.74) is 1.52. The van der Waals surface area contributed by atoms with Gasteiger partial charge in [-0.25, -0.2) is 0 Å². The van der Waals surface area contributed by atoms with Gasteiger partial charge in [-0.3, -0.25) is 14.9 Å². The first-order valence-electron chi connectivity index (χ1n) is 9.78. The Bertz CT molecular complexity index is 939. The molecule has 1 unspecified atom stereocenters. The van der Waals surface area contributed by atoms with Gasteiger partial charge in [-0.05, 0) is 77.9 Å². The van der Waals surface area contributed by atoms with Crippen LogP contribution in [-0.4, -0.2) is 43.3 Å². The molecule has 0 aliphatic rings. The number of rotatable bonds is 9. The van der Waals surface area contributed by atoms with Gasteiger partial charge in [0, 0.05) is 30.0 Å². The molecule has 0 heterocycles. The summed E-state index contributed by atoms with van der Waals surface area (Å²) >= 11 is 8.64. The summed E-state index contributed by atoms with van der Waals surface area (Å²) in [7, 11) is 1.60. The summed E-state index contributed by atoms with van der Waals surface area (Å²) in [4.78, 5) is 24.8. The van der Waals surface area contributed by atoms with Gasteiger partial charge in [0.1, 0.15) is 12.4 Å². The molecule has 9 heteroatoms. The molecule has 2 aromatic rings. The zero-order valence-electron chi connectivity index (χ0n) is 17.7. The number of methoxy groups -OCH3 is 1. The molecule has 0 saturated carbocycles. The summed E-state index contributed by atoms with van der Waals surface area (Å²) in [6.45, 7) is 4.82. The summed E-state index contributed by atoms with van der Waals surface area (Å²) in [5, 5.41) is 8.61. The summed E-state index contributed by atoms with van der Waals surface area (Å²) in [6, 6.07) is 12.0. The van der Waals surface area contributed by atoms with Crippen molar-refractivity contribution >= 4 is 50.8 Å². The third kappa shape index (κ3) is 7.93. The van der Waals surface area contributed by atoms with E-state index >= 15 is 0 Å². The summed E-state index contributed by atoms with van der Waals surface area (Å²) in [6.07, 6.45) is 0.843. The lowest BCUT2D eigenvalue weighted by Gasteiger charge is -2.13. The lowest BCUT2D eigenvalue weighted by Crippen LogP contribution is -2.34. The fraction of sp³-hybridized carbons (Fsp3) is 0.318. The quantitative estimate of drug-likeness (QED) is 0.349.